The molecule has 0 aliphatic carbocycles. The highest BCUT2D eigenvalue weighted by atomic mass is 32.2. The lowest BCUT2D eigenvalue weighted by Gasteiger charge is -2.52. The number of nitrogens with zero attached hydrogens (tertiary/aromatic N) is 2. The van der Waals surface area contributed by atoms with Crippen molar-refractivity contribution in [2.45, 2.75) is 37.3 Å². The average Bonchev–Trinajstić information content (AvgIpc) is 2.59. The molecule has 1 N–H and O–H groups in total. The second-order valence-electron chi connectivity index (χ2n) is 8.12. The molecule has 0 radical (unpaired) electrons. The minimum Gasteiger partial charge on any atom is -0.388 e. The van der Waals surface area contributed by atoms with Gasteiger partial charge in [-0.05, 0) is 30.4 Å². The van der Waals surface area contributed by atoms with Crippen molar-refractivity contribution >= 4 is 11.8 Å². The number of benzene rings is 1. The summed E-state index contributed by atoms with van der Waals surface area (Å²) < 4.78 is 5.44. The lowest BCUT2D eigenvalue weighted by Crippen LogP contribution is -2.62. The van der Waals surface area contributed by atoms with E-state index in [0.29, 0.717) is 0 Å². The number of hydrogen-bond donors (Lipinski definition) is 1. The van der Waals surface area contributed by atoms with Crippen LogP contribution in [-0.4, -0.2) is 72.7 Å². The molecule has 25 heavy (non-hydrogen) atoms. The predicted octanol–water partition coefficient (Wildman–Crippen LogP) is 2.70. The number of morpholine rings is 1. The maximum absolute atomic E-state index is 11.4. The van der Waals surface area contributed by atoms with Crippen molar-refractivity contribution in [2.24, 2.45) is 5.41 Å². The van der Waals surface area contributed by atoms with Gasteiger partial charge in [0.05, 0.1) is 18.8 Å². The van der Waals surface area contributed by atoms with Gasteiger partial charge in [-0.25, -0.2) is 0 Å². The van der Waals surface area contributed by atoms with Crippen LogP contribution >= 0.6 is 11.8 Å². The molecule has 2 aliphatic heterocycles. The number of aliphatic hydroxyl groups is 1. The van der Waals surface area contributed by atoms with E-state index in [-0.39, 0.29) is 5.41 Å². The minimum absolute atomic E-state index is 0.124. The van der Waals surface area contributed by atoms with Crippen molar-refractivity contribution in [3.63, 3.8) is 0 Å². The molecule has 0 aromatic heterocycles. The van der Waals surface area contributed by atoms with Gasteiger partial charge in [0, 0.05) is 49.6 Å². The maximum atomic E-state index is 11.4. The summed E-state index contributed by atoms with van der Waals surface area (Å²) in [5.74, 6) is 0. The standard InChI is InChI=1S/C20H32N2O2S/c1-19(2)15-22(14-17-5-4-6-18(13-17)25-3)8-7-20(19,23)16-21-9-11-24-12-10-21/h4-6,13,23H,7-12,14-16H2,1-3H3. The third-order valence-corrected chi connectivity index (χ3v) is 6.57. The van der Waals surface area contributed by atoms with E-state index < -0.39 is 5.60 Å². The molecular weight excluding hydrogens is 332 g/mol. The molecule has 5 heteroatoms. The fourth-order valence-corrected chi connectivity index (χ4v) is 4.54. The van der Waals surface area contributed by atoms with E-state index in [0.717, 1.165) is 58.9 Å². The van der Waals surface area contributed by atoms with Gasteiger partial charge in [-0.15, -0.1) is 11.8 Å². The molecule has 0 spiro atoms. The van der Waals surface area contributed by atoms with Gasteiger partial charge in [0.1, 0.15) is 0 Å². The van der Waals surface area contributed by atoms with Gasteiger partial charge >= 0.3 is 0 Å². The summed E-state index contributed by atoms with van der Waals surface area (Å²) in [6.45, 7) is 11.5. The summed E-state index contributed by atoms with van der Waals surface area (Å²) in [6.07, 6.45) is 2.95. The number of piperidine rings is 1. The second kappa shape index (κ2) is 7.97. The lowest BCUT2D eigenvalue weighted by atomic mass is 9.69. The van der Waals surface area contributed by atoms with Gasteiger partial charge in [0.2, 0.25) is 0 Å². The number of β-amino-alcohol motifs (C(OH)–C–C–N with tert-alkyl or cyclic N) is 1. The van der Waals surface area contributed by atoms with Crippen molar-refractivity contribution in [1.82, 2.24) is 9.80 Å². The lowest BCUT2D eigenvalue weighted by molar-refractivity contribution is -0.140. The Balaban J connectivity index is 1.62. The fraction of sp³-hybridized carbons (Fsp3) is 0.700. The molecule has 1 aromatic carbocycles. The van der Waals surface area contributed by atoms with Crippen LogP contribution in [0.25, 0.3) is 0 Å². The minimum atomic E-state index is -0.623. The molecule has 0 bridgehead atoms. The van der Waals surface area contributed by atoms with Crippen LogP contribution in [0.3, 0.4) is 0 Å². The maximum Gasteiger partial charge on any atom is 0.0849 e. The Labute approximate surface area is 156 Å². The molecule has 0 amide bonds. The summed E-state index contributed by atoms with van der Waals surface area (Å²) in [5, 5.41) is 11.4. The predicted molar refractivity (Wildman–Crippen MR) is 104 cm³/mol. The first-order valence-electron chi connectivity index (χ1n) is 9.30. The van der Waals surface area contributed by atoms with E-state index in [1.54, 1.807) is 11.8 Å². The quantitative estimate of drug-likeness (QED) is 0.813. The number of ether oxygens (including phenoxy) is 1. The zero-order valence-electron chi connectivity index (χ0n) is 15.8. The summed E-state index contributed by atoms with van der Waals surface area (Å²) in [6, 6.07) is 8.80. The molecule has 2 saturated heterocycles. The highest BCUT2D eigenvalue weighted by molar-refractivity contribution is 7.98. The Morgan fingerprint density at radius 2 is 1.92 bits per heavy atom. The van der Waals surface area contributed by atoms with Crippen LogP contribution in [0.5, 0.6) is 0 Å². The van der Waals surface area contributed by atoms with Crippen LogP contribution in [0.2, 0.25) is 0 Å². The molecule has 1 atom stereocenters. The van der Waals surface area contributed by atoms with E-state index in [9.17, 15) is 5.11 Å². The number of likely N-dealkylation sites (tertiary alicyclic amines) is 1. The Morgan fingerprint density at radius 1 is 1.16 bits per heavy atom. The van der Waals surface area contributed by atoms with Crippen LogP contribution in [0.1, 0.15) is 25.8 Å². The molecule has 2 heterocycles. The Kier molecular flexibility index (Phi) is 6.11. The highest BCUT2D eigenvalue weighted by Gasteiger charge is 2.48. The third-order valence-electron chi connectivity index (χ3n) is 5.85. The molecule has 0 saturated carbocycles. The van der Waals surface area contributed by atoms with Gasteiger partial charge in [-0.2, -0.15) is 0 Å². The summed E-state index contributed by atoms with van der Waals surface area (Å²) in [5.41, 5.74) is 0.615. The van der Waals surface area contributed by atoms with Gasteiger partial charge < -0.3 is 9.84 Å². The molecular formula is C20H32N2O2S. The normalized spacial score (nSPS) is 28.2. The summed E-state index contributed by atoms with van der Waals surface area (Å²) in [4.78, 5) is 6.17. The van der Waals surface area contributed by atoms with Gasteiger partial charge in [0.15, 0.2) is 0 Å². The zero-order chi connectivity index (χ0) is 17.9. The highest BCUT2D eigenvalue weighted by Crippen LogP contribution is 2.40. The van der Waals surface area contributed by atoms with E-state index in [1.807, 2.05) is 0 Å². The van der Waals surface area contributed by atoms with Crippen LogP contribution < -0.4 is 0 Å². The Morgan fingerprint density at radius 3 is 2.60 bits per heavy atom. The number of hydrogen-bond acceptors (Lipinski definition) is 5. The van der Waals surface area contributed by atoms with E-state index in [1.165, 1.54) is 10.5 Å². The van der Waals surface area contributed by atoms with Gasteiger partial charge in [-0.1, -0.05) is 26.0 Å². The van der Waals surface area contributed by atoms with E-state index in [4.69, 9.17) is 4.74 Å². The van der Waals surface area contributed by atoms with Gasteiger partial charge in [0.25, 0.3) is 0 Å². The van der Waals surface area contributed by atoms with Crippen LogP contribution in [-0.2, 0) is 11.3 Å². The van der Waals surface area contributed by atoms with E-state index in [2.05, 4.69) is 54.2 Å². The SMILES string of the molecule is CSc1cccc(CN2CCC(O)(CN3CCOCC3)C(C)(C)C2)c1. The fourth-order valence-electron chi connectivity index (χ4n) is 4.05. The largest absolute Gasteiger partial charge is 0.388 e. The summed E-state index contributed by atoms with van der Waals surface area (Å²) >= 11 is 1.79. The zero-order valence-corrected chi connectivity index (χ0v) is 16.6. The van der Waals surface area contributed by atoms with Gasteiger partial charge in [-0.3, -0.25) is 9.80 Å². The van der Waals surface area contributed by atoms with Crippen molar-refractivity contribution in [3.05, 3.63) is 29.8 Å². The third kappa shape index (κ3) is 4.58. The monoisotopic (exact) mass is 364 g/mol. The molecule has 4 nitrogen and oxygen atoms in total. The van der Waals surface area contributed by atoms with Crippen LogP contribution in [0.4, 0.5) is 0 Å². The smallest absolute Gasteiger partial charge is 0.0849 e. The Hall–Kier alpha value is -0.590. The van der Waals surface area contributed by atoms with E-state index >= 15 is 0 Å². The van der Waals surface area contributed by atoms with Crippen LogP contribution in [0, 0.1) is 5.41 Å². The van der Waals surface area contributed by atoms with Crippen molar-refractivity contribution in [3.8, 4) is 0 Å². The Bertz CT molecular complexity index is 575. The first kappa shape index (κ1) is 19.2. The molecule has 140 valence electrons. The average molecular weight is 365 g/mol. The molecule has 1 unspecified atom stereocenters. The van der Waals surface area contributed by atoms with Crippen molar-refractivity contribution < 1.29 is 9.84 Å². The second-order valence-corrected chi connectivity index (χ2v) is 9.00. The van der Waals surface area contributed by atoms with Crippen LogP contribution in [0.15, 0.2) is 29.2 Å². The number of thioether (sulfide) groups is 1. The molecule has 2 aliphatic rings. The molecule has 3 rings (SSSR count). The first-order chi connectivity index (χ1) is 11.9. The topological polar surface area (TPSA) is 35.9 Å². The first-order valence-corrected chi connectivity index (χ1v) is 10.5. The molecule has 2 fully saturated rings. The number of rotatable bonds is 5. The van der Waals surface area contributed by atoms with Crippen molar-refractivity contribution in [2.75, 3.05) is 52.2 Å². The van der Waals surface area contributed by atoms with Crippen molar-refractivity contribution in [1.29, 1.82) is 0 Å². The molecule has 1 aromatic rings. The summed E-state index contributed by atoms with van der Waals surface area (Å²) in [7, 11) is 0.